The fourth-order valence-electron chi connectivity index (χ4n) is 1.91. The molecule has 0 bridgehead atoms. The van der Waals surface area contributed by atoms with Gasteiger partial charge in [0.2, 0.25) is 0 Å². The van der Waals surface area contributed by atoms with Crippen LogP contribution in [0.1, 0.15) is 16.2 Å². The Kier molecular flexibility index (Phi) is 2.38. The van der Waals surface area contributed by atoms with E-state index in [1.807, 2.05) is 17.5 Å². The van der Waals surface area contributed by atoms with Crippen molar-refractivity contribution >= 4 is 28.3 Å². The van der Waals surface area contributed by atoms with Crippen LogP contribution in [0, 0.1) is 6.92 Å². The summed E-state index contributed by atoms with van der Waals surface area (Å²) in [6, 6.07) is 3.83. The molecular formula is C12H9N3O2S. The zero-order chi connectivity index (χ0) is 12.7. The molecule has 0 spiro atoms. The maximum atomic E-state index is 11.2. The first-order chi connectivity index (χ1) is 8.66. The van der Waals surface area contributed by atoms with Crippen molar-refractivity contribution in [1.82, 2.24) is 15.0 Å². The number of hydrogen-bond acceptors (Lipinski definition) is 4. The molecule has 90 valence electrons. The molecule has 3 aromatic heterocycles. The molecule has 2 N–H and O–H groups in total. The maximum absolute atomic E-state index is 11.2. The summed E-state index contributed by atoms with van der Waals surface area (Å²) in [5, 5.41) is 11.7. The number of hydrogen-bond donors (Lipinski definition) is 2. The lowest BCUT2D eigenvalue weighted by molar-refractivity contribution is 0.0699. The van der Waals surface area contributed by atoms with Crippen LogP contribution in [0.2, 0.25) is 0 Å². The largest absolute Gasteiger partial charge is 0.478 e. The summed E-state index contributed by atoms with van der Waals surface area (Å²) in [5.74, 6) is -0.365. The van der Waals surface area contributed by atoms with Crippen LogP contribution in [-0.2, 0) is 0 Å². The second-order valence-electron chi connectivity index (χ2n) is 3.83. The lowest BCUT2D eigenvalue weighted by Gasteiger charge is -2.02. The van der Waals surface area contributed by atoms with Crippen LogP contribution in [0.4, 0.5) is 0 Å². The van der Waals surface area contributed by atoms with Gasteiger partial charge in [0.25, 0.3) is 0 Å². The third-order valence-corrected chi connectivity index (χ3v) is 3.50. The van der Waals surface area contributed by atoms with Crippen molar-refractivity contribution in [2.24, 2.45) is 0 Å². The molecule has 0 aromatic carbocycles. The van der Waals surface area contributed by atoms with E-state index in [9.17, 15) is 9.90 Å². The number of nitrogens with zero attached hydrogens (tertiary/aromatic N) is 2. The lowest BCUT2D eigenvalue weighted by Crippen LogP contribution is -1.98. The Morgan fingerprint density at radius 2 is 2.28 bits per heavy atom. The van der Waals surface area contributed by atoms with Gasteiger partial charge in [-0.3, -0.25) is 0 Å². The Labute approximate surface area is 106 Å². The predicted octanol–water partition coefficient (Wildman–Crippen LogP) is 2.69. The monoisotopic (exact) mass is 259 g/mol. The van der Waals surface area contributed by atoms with Crippen LogP contribution in [0.3, 0.4) is 0 Å². The fraction of sp³-hybridized carbons (Fsp3) is 0.0833. The number of carboxylic acids is 1. The summed E-state index contributed by atoms with van der Waals surface area (Å²) >= 11 is 1.53. The Morgan fingerprint density at radius 1 is 1.44 bits per heavy atom. The molecule has 0 amide bonds. The number of aryl methyl sites for hydroxylation is 1. The van der Waals surface area contributed by atoms with Gasteiger partial charge in [-0.1, -0.05) is 6.07 Å². The van der Waals surface area contributed by atoms with Crippen molar-refractivity contribution < 1.29 is 9.90 Å². The molecule has 0 saturated heterocycles. The highest BCUT2D eigenvalue weighted by atomic mass is 32.1. The number of aromatic nitrogens is 3. The Hall–Kier alpha value is -2.21. The summed E-state index contributed by atoms with van der Waals surface area (Å²) in [6.45, 7) is 1.79. The van der Waals surface area contributed by atoms with Gasteiger partial charge >= 0.3 is 5.97 Å². The van der Waals surface area contributed by atoms with Crippen LogP contribution in [-0.4, -0.2) is 26.0 Å². The van der Waals surface area contributed by atoms with E-state index in [-0.39, 0.29) is 5.56 Å². The van der Waals surface area contributed by atoms with Gasteiger partial charge in [-0.2, -0.15) is 0 Å². The zero-order valence-electron chi connectivity index (χ0n) is 9.47. The van der Waals surface area contributed by atoms with Crippen molar-refractivity contribution in [2.45, 2.75) is 6.92 Å². The SMILES string of the molecule is Cc1nc(-c2cccs2)c2c(C(=O)O)c[nH]c2n1. The van der Waals surface area contributed by atoms with Gasteiger partial charge in [0.1, 0.15) is 11.5 Å². The molecular weight excluding hydrogens is 250 g/mol. The van der Waals surface area contributed by atoms with Crippen molar-refractivity contribution in [2.75, 3.05) is 0 Å². The molecule has 0 atom stereocenters. The summed E-state index contributed by atoms with van der Waals surface area (Å²) in [6.07, 6.45) is 1.46. The molecule has 0 fully saturated rings. The number of carboxylic acid groups (broad SMARTS) is 1. The van der Waals surface area contributed by atoms with Crippen molar-refractivity contribution in [3.05, 3.63) is 35.1 Å². The molecule has 3 aromatic rings. The van der Waals surface area contributed by atoms with Gasteiger partial charge < -0.3 is 10.1 Å². The number of thiophene rings is 1. The number of aromatic amines is 1. The highest BCUT2D eigenvalue weighted by Crippen LogP contribution is 2.31. The average molecular weight is 259 g/mol. The molecule has 3 heterocycles. The number of fused-ring (bicyclic) bond motifs is 1. The summed E-state index contributed by atoms with van der Waals surface area (Å²) in [5.41, 5.74) is 1.43. The summed E-state index contributed by atoms with van der Waals surface area (Å²) in [4.78, 5) is 23.6. The summed E-state index contributed by atoms with van der Waals surface area (Å²) in [7, 11) is 0. The van der Waals surface area contributed by atoms with Gasteiger partial charge in [0.15, 0.2) is 0 Å². The molecule has 6 heteroatoms. The minimum atomic E-state index is -0.980. The Morgan fingerprint density at radius 3 is 2.94 bits per heavy atom. The number of carbonyl (C=O) groups is 1. The van der Waals surface area contributed by atoms with Gasteiger partial charge in [0, 0.05) is 6.20 Å². The standard InChI is InChI=1S/C12H9N3O2S/c1-6-14-10(8-3-2-4-18-8)9-7(12(16)17)5-13-11(9)15-6/h2-5H,1H3,(H,16,17)(H,13,14,15). The third kappa shape index (κ3) is 1.58. The van der Waals surface area contributed by atoms with E-state index >= 15 is 0 Å². The van der Waals surface area contributed by atoms with Crippen LogP contribution in [0.25, 0.3) is 21.6 Å². The highest BCUT2D eigenvalue weighted by molar-refractivity contribution is 7.13. The van der Waals surface area contributed by atoms with Crippen LogP contribution in [0.5, 0.6) is 0 Å². The smallest absolute Gasteiger partial charge is 0.338 e. The topological polar surface area (TPSA) is 78.9 Å². The normalized spacial score (nSPS) is 10.9. The summed E-state index contributed by atoms with van der Waals surface area (Å²) < 4.78 is 0. The highest BCUT2D eigenvalue weighted by Gasteiger charge is 2.18. The van der Waals surface area contributed by atoms with Crippen LogP contribution >= 0.6 is 11.3 Å². The zero-order valence-corrected chi connectivity index (χ0v) is 10.3. The molecule has 0 aliphatic rings. The molecule has 3 rings (SSSR count). The van der Waals surface area contributed by atoms with Crippen LogP contribution < -0.4 is 0 Å². The number of aromatic carboxylic acids is 1. The first kappa shape index (κ1) is 10.9. The number of rotatable bonds is 2. The first-order valence-electron chi connectivity index (χ1n) is 5.29. The number of nitrogens with one attached hydrogen (secondary N) is 1. The van der Waals surface area contributed by atoms with Crippen molar-refractivity contribution in [1.29, 1.82) is 0 Å². The molecule has 0 unspecified atom stereocenters. The van der Waals surface area contributed by atoms with Crippen molar-refractivity contribution in [3.8, 4) is 10.6 Å². The maximum Gasteiger partial charge on any atom is 0.338 e. The van der Waals surface area contributed by atoms with E-state index in [4.69, 9.17) is 0 Å². The van der Waals surface area contributed by atoms with Gasteiger partial charge in [-0.15, -0.1) is 11.3 Å². The molecule has 0 radical (unpaired) electrons. The first-order valence-corrected chi connectivity index (χ1v) is 6.17. The van der Waals surface area contributed by atoms with E-state index in [0.29, 0.717) is 22.6 Å². The van der Waals surface area contributed by atoms with E-state index in [0.717, 1.165) is 4.88 Å². The number of H-pyrrole nitrogens is 1. The predicted molar refractivity (Wildman–Crippen MR) is 68.9 cm³/mol. The van der Waals surface area contributed by atoms with E-state index in [1.165, 1.54) is 17.5 Å². The minimum absolute atomic E-state index is 0.202. The van der Waals surface area contributed by atoms with E-state index < -0.39 is 5.97 Å². The average Bonchev–Trinajstić information content (AvgIpc) is 2.96. The van der Waals surface area contributed by atoms with Gasteiger partial charge in [-0.25, -0.2) is 14.8 Å². The molecule has 0 aliphatic carbocycles. The molecule has 0 aliphatic heterocycles. The fourth-order valence-corrected chi connectivity index (χ4v) is 2.63. The second-order valence-corrected chi connectivity index (χ2v) is 4.78. The Balaban J connectivity index is 2.41. The van der Waals surface area contributed by atoms with Gasteiger partial charge in [0.05, 0.1) is 21.5 Å². The van der Waals surface area contributed by atoms with Crippen molar-refractivity contribution in [3.63, 3.8) is 0 Å². The second kappa shape index (κ2) is 3.92. The van der Waals surface area contributed by atoms with E-state index in [2.05, 4.69) is 15.0 Å². The molecule has 5 nitrogen and oxygen atoms in total. The lowest BCUT2D eigenvalue weighted by atomic mass is 10.1. The quantitative estimate of drug-likeness (QED) is 0.741. The Bertz CT molecular complexity index is 731. The van der Waals surface area contributed by atoms with E-state index in [1.54, 1.807) is 6.92 Å². The molecule has 0 saturated carbocycles. The van der Waals surface area contributed by atoms with Gasteiger partial charge in [-0.05, 0) is 18.4 Å². The minimum Gasteiger partial charge on any atom is -0.478 e. The third-order valence-electron chi connectivity index (χ3n) is 2.63. The molecule has 18 heavy (non-hydrogen) atoms. The van der Waals surface area contributed by atoms with Crippen LogP contribution in [0.15, 0.2) is 23.7 Å².